The lowest BCUT2D eigenvalue weighted by molar-refractivity contribution is 0.340. The summed E-state index contributed by atoms with van der Waals surface area (Å²) < 4.78 is 7.22. The van der Waals surface area contributed by atoms with Gasteiger partial charge in [-0.1, -0.05) is 26.0 Å². The van der Waals surface area contributed by atoms with E-state index in [-0.39, 0.29) is 5.69 Å². The van der Waals surface area contributed by atoms with E-state index in [1.54, 1.807) is 4.57 Å². The van der Waals surface area contributed by atoms with Crippen molar-refractivity contribution in [1.82, 2.24) is 9.55 Å². The Kier molecular flexibility index (Phi) is 3.75. The van der Waals surface area contributed by atoms with Gasteiger partial charge in [0.15, 0.2) is 0 Å². The van der Waals surface area contributed by atoms with Gasteiger partial charge in [0.1, 0.15) is 5.75 Å². The Morgan fingerprint density at radius 3 is 2.50 bits per heavy atom. The maximum Gasteiger partial charge on any atom is 0.331 e. The molecule has 0 aliphatic rings. The third-order valence-corrected chi connectivity index (χ3v) is 3.78. The van der Waals surface area contributed by atoms with Crippen LogP contribution < -0.4 is 10.4 Å². The first kappa shape index (κ1) is 14.4. The predicted octanol–water partition coefficient (Wildman–Crippen LogP) is 3.84. The first-order valence-electron chi connectivity index (χ1n) is 7.58. The van der Waals surface area contributed by atoms with Crippen molar-refractivity contribution in [2.45, 2.75) is 26.7 Å². The van der Waals surface area contributed by atoms with Gasteiger partial charge < -0.3 is 9.72 Å². The summed E-state index contributed by atoms with van der Waals surface area (Å²) in [6.45, 7) is 6.85. The molecule has 0 fully saturated rings. The van der Waals surface area contributed by atoms with Crippen LogP contribution in [-0.4, -0.2) is 16.2 Å². The average molecular weight is 296 g/mol. The van der Waals surface area contributed by atoms with Crippen molar-refractivity contribution in [3.63, 3.8) is 0 Å². The fourth-order valence-corrected chi connectivity index (χ4v) is 2.60. The fourth-order valence-electron chi connectivity index (χ4n) is 2.60. The Morgan fingerprint density at radius 2 is 1.86 bits per heavy atom. The molecular formula is C18H20N2O2. The molecule has 4 nitrogen and oxygen atoms in total. The van der Waals surface area contributed by atoms with Gasteiger partial charge in [-0.15, -0.1) is 0 Å². The highest BCUT2D eigenvalue weighted by molar-refractivity contribution is 5.79. The SMILES string of the molecule is CCOc1ccc2[nH]c(=O)n(-c3ccc(C(C)C)cc3)c2c1. The van der Waals surface area contributed by atoms with Gasteiger partial charge in [-0.05, 0) is 42.7 Å². The molecule has 0 radical (unpaired) electrons. The van der Waals surface area contributed by atoms with Crippen molar-refractivity contribution in [3.05, 3.63) is 58.5 Å². The quantitative estimate of drug-likeness (QED) is 0.795. The van der Waals surface area contributed by atoms with Crippen LogP contribution in [0.3, 0.4) is 0 Å². The molecule has 0 unspecified atom stereocenters. The molecule has 0 aliphatic carbocycles. The molecule has 0 spiro atoms. The topological polar surface area (TPSA) is 47.0 Å². The van der Waals surface area contributed by atoms with E-state index in [1.165, 1.54) is 5.56 Å². The minimum atomic E-state index is -0.138. The molecule has 4 heteroatoms. The van der Waals surface area contributed by atoms with Crippen molar-refractivity contribution >= 4 is 11.0 Å². The summed E-state index contributed by atoms with van der Waals surface area (Å²) in [5, 5.41) is 0. The zero-order chi connectivity index (χ0) is 15.7. The zero-order valence-corrected chi connectivity index (χ0v) is 13.1. The van der Waals surface area contributed by atoms with E-state index in [2.05, 4.69) is 31.0 Å². The molecule has 1 heterocycles. The van der Waals surface area contributed by atoms with E-state index >= 15 is 0 Å². The number of nitrogens with one attached hydrogen (secondary N) is 1. The standard InChI is InChI=1S/C18H20N2O2/c1-4-22-15-9-10-16-17(11-15)20(18(21)19-16)14-7-5-13(6-8-14)12(2)3/h5-12H,4H2,1-3H3,(H,19,21). The van der Waals surface area contributed by atoms with E-state index < -0.39 is 0 Å². The highest BCUT2D eigenvalue weighted by atomic mass is 16.5. The third kappa shape index (κ3) is 2.52. The molecule has 0 amide bonds. The molecule has 3 aromatic rings. The van der Waals surface area contributed by atoms with Crippen LogP contribution in [0, 0.1) is 0 Å². The van der Waals surface area contributed by atoms with Crippen LogP contribution in [0.1, 0.15) is 32.3 Å². The van der Waals surface area contributed by atoms with E-state index in [9.17, 15) is 4.79 Å². The maximum absolute atomic E-state index is 12.3. The van der Waals surface area contributed by atoms with E-state index in [0.717, 1.165) is 22.5 Å². The summed E-state index contributed by atoms with van der Waals surface area (Å²) in [4.78, 5) is 15.2. The van der Waals surface area contributed by atoms with Gasteiger partial charge in [0.25, 0.3) is 0 Å². The Hall–Kier alpha value is -2.49. The number of fused-ring (bicyclic) bond motifs is 1. The van der Waals surface area contributed by atoms with Crippen LogP contribution in [0.25, 0.3) is 16.7 Å². The number of hydrogen-bond donors (Lipinski definition) is 1. The molecule has 2 aromatic carbocycles. The van der Waals surface area contributed by atoms with Gasteiger partial charge >= 0.3 is 5.69 Å². The highest BCUT2D eigenvalue weighted by Crippen LogP contribution is 2.22. The number of H-pyrrole nitrogens is 1. The maximum atomic E-state index is 12.3. The van der Waals surface area contributed by atoms with Crippen molar-refractivity contribution in [2.24, 2.45) is 0 Å². The normalized spacial score (nSPS) is 11.3. The lowest BCUT2D eigenvalue weighted by Gasteiger charge is -2.08. The fraction of sp³-hybridized carbons (Fsp3) is 0.278. The Morgan fingerprint density at radius 1 is 1.14 bits per heavy atom. The number of benzene rings is 2. The number of imidazole rings is 1. The number of ether oxygens (including phenoxy) is 1. The summed E-state index contributed by atoms with van der Waals surface area (Å²) in [5.41, 5.74) is 3.61. The zero-order valence-electron chi connectivity index (χ0n) is 13.1. The van der Waals surface area contributed by atoms with Gasteiger partial charge in [-0.2, -0.15) is 0 Å². The Labute approximate surface area is 129 Å². The molecule has 0 saturated carbocycles. The summed E-state index contributed by atoms with van der Waals surface area (Å²) in [7, 11) is 0. The number of aromatic nitrogens is 2. The second-order valence-corrected chi connectivity index (χ2v) is 5.62. The molecule has 1 aromatic heterocycles. The lowest BCUT2D eigenvalue weighted by atomic mass is 10.0. The number of hydrogen-bond acceptors (Lipinski definition) is 2. The van der Waals surface area contributed by atoms with Crippen LogP contribution in [-0.2, 0) is 0 Å². The number of nitrogens with zero attached hydrogens (tertiary/aromatic N) is 1. The van der Waals surface area contributed by atoms with Crippen molar-refractivity contribution in [1.29, 1.82) is 0 Å². The summed E-state index contributed by atoms with van der Waals surface area (Å²) in [6, 6.07) is 13.7. The molecule has 22 heavy (non-hydrogen) atoms. The first-order valence-corrected chi connectivity index (χ1v) is 7.58. The van der Waals surface area contributed by atoms with Gasteiger partial charge in [-0.25, -0.2) is 4.79 Å². The second-order valence-electron chi connectivity index (χ2n) is 5.62. The molecule has 3 rings (SSSR count). The molecule has 0 bridgehead atoms. The van der Waals surface area contributed by atoms with Gasteiger partial charge in [0.2, 0.25) is 0 Å². The molecular weight excluding hydrogens is 276 g/mol. The first-order chi connectivity index (χ1) is 10.6. The Bertz CT molecular complexity index is 842. The predicted molar refractivity (Wildman–Crippen MR) is 89.2 cm³/mol. The molecule has 0 atom stereocenters. The summed E-state index contributed by atoms with van der Waals surface area (Å²) >= 11 is 0. The third-order valence-electron chi connectivity index (χ3n) is 3.78. The van der Waals surface area contributed by atoms with Gasteiger partial charge in [-0.3, -0.25) is 4.57 Å². The lowest BCUT2D eigenvalue weighted by Crippen LogP contribution is -2.14. The smallest absolute Gasteiger partial charge is 0.331 e. The molecule has 114 valence electrons. The summed E-state index contributed by atoms with van der Waals surface area (Å²) in [6.07, 6.45) is 0. The molecule has 1 N–H and O–H groups in total. The van der Waals surface area contributed by atoms with E-state index in [0.29, 0.717) is 12.5 Å². The van der Waals surface area contributed by atoms with E-state index in [1.807, 2.05) is 37.3 Å². The van der Waals surface area contributed by atoms with Crippen LogP contribution >= 0.6 is 0 Å². The minimum absolute atomic E-state index is 0.138. The minimum Gasteiger partial charge on any atom is -0.494 e. The van der Waals surface area contributed by atoms with Gasteiger partial charge in [0.05, 0.1) is 23.3 Å². The van der Waals surface area contributed by atoms with Crippen LogP contribution in [0.5, 0.6) is 5.75 Å². The molecule has 0 saturated heterocycles. The van der Waals surface area contributed by atoms with Crippen LogP contribution in [0.15, 0.2) is 47.3 Å². The summed E-state index contributed by atoms with van der Waals surface area (Å²) in [5.74, 6) is 1.24. The van der Waals surface area contributed by atoms with Crippen LogP contribution in [0.4, 0.5) is 0 Å². The van der Waals surface area contributed by atoms with E-state index in [4.69, 9.17) is 4.74 Å². The van der Waals surface area contributed by atoms with Crippen molar-refractivity contribution in [2.75, 3.05) is 6.61 Å². The second kappa shape index (κ2) is 5.72. The largest absolute Gasteiger partial charge is 0.494 e. The van der Waals surface area contributed by atoms with Crippen molar-refractivity contribution in [3.8, 4) is 11.4 Å². The van der Waals surface area contributed by atoms with Crippen molar-refractivity contribution < 1.29 is 4.74 Å². The number of aromatic amines is 1. The van der Waals surface area contributed by atoms with Gasteiger partial charge in [0, 0.05) is 6.07 Å². The highest BCUT2D eigenvalue weighted by Gasteiger charge is 2.10. The van der Waals surface area contributed by atoms with Crippen LogP contribution in [0.2, 0.25) is 0 Å². The number of rotatable bonds is 4. The Balaban J connectivity index is 2.14. The average Bonchev–Trinajstić information content (AvgIpc) is 2.83. The monoisotopic (exact) mass is 296 g/mol. The molecule has 0 aliphatic heterocycles.